The lowest BCUT2D eigenvalue weighted by molar-refractivity contribution is 0.512. The molecule has 0 amide bonds. The van der Waals surface area contributed by atoms with Crippen molar-refractivity contribution in [1.29, 1.82) is 0 Å². The van der Waals surface area contributed by atoms with Crippen LogP contribution in [0.5, 0.6) is 0 Å². The highest BCUT2D eigenvalue weighted by molar-refractivity contribution is 5.06. The van der Waals surface area contributed by atoms with Gasteiger partial charge in [-0.25, -0.2) is 4.98 Å². The van der Waals surface area contributed by atoms with Crippen molar-refractivity contribution in [1.82, 2.24) is 14.9 Å². The monoisotopic (exact) mass is 220 g/mol. The maximum atomic E-state index is 5.76. The van der Waals surface area contributed by atoms with E-state index in [1.165, 1.54) is 0 Å². The van der Waals surface area contributed by atoms with E-state index < -0.39 is 0 Å². The molecule has 0 fully saturated rings. The molecule has 1 unspecified atom stereocenters. The molecule has 1 heterocycles. The third kappa shape index (κ3) is 3.37. The van der Waals surface area contributed by atoms with Gasteiger partial charge in [-0.15, -0.1) is 11.8 Å². The maximum absolute atomic E-state index is 5.76. The van der Waals surface area contributed by atoms with Crippen LogP contribution in [-0.2, 0) is 6.54 Å². The molecule has 0 saturated heterocycles. The zero-order chi connectivity index (χ0) is 11.8. The van der Waals surface area contributed by atoms with E-state index >= 15 is 0 Å². The van der Waals surface area contributed by atoms with Crippen molar-refractivity contribution in [3.8, 4) is 11.8 Å². The largest absolute Gasteiger partial charge is 0.333 e. The quantitative estimate of drug-likeness (QED) is 0.553. The van der Waals surface area contributed by atoms with E-state index in [1.807, 2.05) is 19.4 Å². The summed E-state index contributed by atoms with van der Waals surface area (Å²) in [5.41, 5.74) is 6.91. The molecule has 1 rings (SSSR count). The van der Waals surface area contributed by atoms with Crippen LogP contribution in [0.25, 0.3) is 0 Å². The number of hydrogen-bond acceptors (Lipinski definition) is 3. The summed E-state index contributed by atoms with van der Waals surface area (Å²) in [6.07, 6.45) is 4.57. The van der Waals surface area contributed by atoms with Gasteiger partial charge >= 0.3 is 0 Å². The van der Waals surface area contributed by atoms with Crippen molar-refractivity contribution in [3.05, 3.63) is 18.2 Å². The molecule has 4 heteroatoms. The first-order valence-corrected chi connectivity index (χ1v) is 5.66. The van der Waals surface area contributed by atoms with Gasteiger partial charge in [-0.1, -0.05) is 0 Å². The molecule has 1 aromatic heterocycles. The van der Waals surface area contributed by atoms with Gasteiger partial charge in [-0.2, -0.15) is 0 Å². The molecule has 0 radical (unpaired) electrons. The normalized spacial score (nSPS) is 11.9. The van der Waals surface area contributed by atoms with Crippen LogP contribution in [0.1, 0.15) is 32.0 Å². The Morgan fingerprint density at radius 3 is 3.06 bits per heavy atom. The summed E-state index contributed by atoms with van der Waals surface area (Å²) in [5, 5.41) is 3.39. The molecule has 0 aliphatic carbocycles. The van der Waals surface area contributed by atoms with E-state index in [1.54, 1.807) is 0 Å². The molecule has 0 saturated carbocycles. The predicted molar refractivity (Wildman–Crippen MR) is 65.8 cm³/mol. The van der Waals surface area contributed by atoms with Gasteiger partial charge in [-0.3, -0.25) is 0 Å². The standard InChI is InChI=1S/C12H20N4/c1-3-5-6-7-15-11(8-13)12-9-14-10-16(12)4-2/h9-11,15H,4,6-8,13H2,1-2H3. The van der Waals surface area contributed by atoms with Crippen LogP contribution in [0, 0.1) is 11.8 Å². The highest BCUT2D eigenvalue weighted by atomic mass is 15.1. The van der Waals surface area contributed by atoms with Crippen LogP contribution < -0.4 is 11.1 Å². The van der Waals surface area contributed by atoms with Crippen LogP contribution in [0.2, 0.25) is 0 Å². The van der Waals surface area contributed by atoms with E-state index in [9.17, 15) is 0 Å². The van der Waals surface area contributed by atoms with Crippen molar-refractivity contribution in [3.63, 3.8) is 0 Å². The minimum atomic E-state index is 0.168. The third-order valence-electron chi connectivity index (χ3n) is 2.50. The molecule has 0 aliphatic heterocycles. The van der Waals surface area contributed by atoms with E-state index in [0.717, 1.165) is 25.2 Å². The van der Waals surface area contributed by atoms with Crippen molar-refractivity contribution < 1.29 is 0 Å². The fraction of sp³-hybridized carbons (Fsp3) is 0.583. The fourth-order valence-electron chi connectivity index (χ4n) is 1.63. The Kier molecular flexibility index (Phi) is 5.62. The number of imidazole rings is 1. The average molecular weight is 220 g/mol. The van der Waals surface area contributed by atoms with Crippen molar-refractivity contribution in [2.45, 2.75) is 32.9 Å². The Bertz CT molecular complexity index is 359. The van der Waals surface area contributed by atoms with E-state index in [2.05, 4.69) is 33.6 Å². The van der Waals surface area contributed by atoms with Crippen molar-refractivity contribution in [2.24, 2.45) is 5.73 Å². The minimum Gasteiger partial charge on any atom is -0.333 e. The lowest BCUT2D eigenvalue weighted by Crippen LogP contribution is -2.30. The first-order valence-electron chi connectivity index (χ1n) is 5.66. The maximum Gasteiger partial charge on any atom is 0.0948 e. The van der Waals surface area contributed by atoms with Crippen LogP contribution in [-0.4, -0.2) is 22.6 Å². The third-order valence-corrected chi connectivity index (χ3v) is 2.50. The van der Waals surface area contributed by atoms with E-state index in [0.29, 0.717) is 6.54 Å². The molecule has 88 valence electrons. The molecule has 0 spiro atoms. The summed E-state index contributed by atoms with van der Waals surface area (Å²) in [6.45, 7) is 6.30. The van der Waals surface area contributed by atoms with E-state index in [-0.39, 0.29) is 6.04 Å². The Hall–Kier alpha value is -1.31. The van der Waals surface area contributed by atoms with Crippen LogP contribution in [0.4, 0.5) is 0 Å². The first-order chi connectivity index (χ1) is 7.83. The van der Waals surface area contributed by atoms with Crippen molar-refractivity contribution in [2.75, 3.05) is 13.1 Å². The van der Waals surface area contributed by atoms with Crippen molar-refractivity contribution >= 4 is 0 Å². The number of hydrogen-bond donors (Lipinski definition) is 2. The summed E-state index contributed by atoms with van der Waals surface area (Å²) in [7, 11) is 0. The topological polar surface area (TPSA) is 55.9 Å². The second kappa shape index (κ2) is 7.04. The Morgan fingerprint density at radius 2 is 2.44 bits per heavy atom. The summed E-state index contributed by atoms with van der Waals surface area (Å²) in [5.74, 6) is 5.90. The number of nitrogens with two attached hydrogens (primary N) is 1. The van der Waals surface area contributed by atoms with Crippen LogP contribution in [0.3, 0.4) is 0 Å². The molecule has 1 atom stereocenters. The summed E-state index contributed by atoms with van der Waals surface area (Å²) >= 11 is 0. The minimum absolute atomic E-state index is 0.168. The molecular weight excluding hydrogens is 200 g/mol. The molecule has 3 N–H and O–H groups in total. The van der Waals surface area contributed by atoms with Gasteiger partial charge in [0.1, 0.15) is 0 Å². The van der Waals surface area contributed by atoms with Crippen LogP contribution in [0.15, 0.2) is 12.5 Å². The van der Waals surface area contributed by atoms with Crippen LogP contribution >= 0.6 is 0 Å². The molecular formula is C12H20N4. The van der Waals surface area contributed by atoms with Gasteiger partial charge in [0.2, 0.25) is 0 Å². The number of rotatable bonds is 6. The summed E-state index contributed by atoms with van der Waals surface area (Å²) in [6, 6.07) is 0.168. The number of aryl methyl sites for hydroxylation is 1. The van der Waals surface area contributed by atoms with E-state index in [4.69, 9.17) is 5.73 Å². The highest BCUT2D eigenvalue weighted by Crippen LogP contribution is 2.10. The molecule has 16 heavy (non-hydrogen) atoms. The Balaban J connectivity index is 2.55. The second-order valence-corrected chi connectivity index (χ2v) is 3.52. The van der Waals surface area contributed by atoms with Gasteiger partial charge < -0.3 is 15.6 Å². The Morgan fingerprint density at radius 1 is 1.62 bits per heavy atom. The lowest BCUT2D eigenvalue weighted by atomic mass is 10.2. The zero-order valence-electron chi connectivity index (χ0n) is 10.0. The molecule has 1 aromatic rings. The number of aromatic nitrogens is 2. The fourth-order valence-corrected chi connectivity index (χ4v) is 1.63. The predicted octanol–water partition coefficient (Wildman–Crippen LogP) is 0.906. The lowest BCUT2D eigenvalue weighted by Gasteiger charge is -2.17. The molecule has 0 aliphatic rings. The molecule has 4 nitrogen and oxygen atoms in total. The molecule has 0 bridgehead atoms. The number of nitrogens with zero attached hydrogens (tertiary/aromatic N) is 2. The SMILES string of the molecule is CC#CCCNC(CN)c1cncn1CC. The molecule has 0 aromatic carbocycles. The Labute approximate surface area is 97.2 Å². The zero-order valence-corrected chi connectivity index (χ0v) is 10.0. The summed E-state index contributed by atoms with van der Waals surface area (Å²) < 4.78 is 2.11. The second-order valence-electron chi connectivity index (χ2n) is 3.52. The van der Waals surface area contributed by atoms with Gasteiger partial charge in [0, 0.05) is 32.3 Å². The first kappa shape index (κ1) is 12.8. The van der Waals surface area contributed by atoms with Gasteiger partial charge in [-0.05, 0) is 13.8 Å². The highest BCUT2D eigenvalue weighted by Gasteiger charge is 2.12. The summed E-state index contributed by atoms with van der Waals surface area (Å²) in [4.78, 5) is 4.15. The number of nitrogens with one attached hydrogen (secondary N) is 1. The van der Waals surface area contributed by atoms with Gasteiger partial charge in [0.15, 0.2) is 0 Å². The van der Waals surface area contributed by atoms with Gasteiger partial charge in [0.05, 0.1) is 18.1 Å². The average Bonchev–Trinajstić information content (AvgIpc) is 2.77. The van der Waals surface area contributed by atoms with Gasteiger partial charge in [0.25, 0.3) is 0 Å². The smallest absolute Gasteiger partial charge is 0.0948 e.